The molecule has 8 nitrogen and oxygen atoms in total. The number of amides is 2. The highest BCUT2D eigenvalue weighted by atomic mass is 79.9. The van der Waals surface area contributed by atoms with E-state index in [1.165, 1.54) is 4.90 Å². The lowest BCUT2D eigenvalue weighted by Crippen LogP contribution is -2.59. The quantitative estimate of drug-likeness (QED) is 0.270. The van der Waals surface area contributed by atoms with Gasteiger partial charge in [0.05, 0.1) is 37.2 Å². The highest BCUT2D eigenvalue weighted by molar-refractivity contribution is 9.09. The molecular weight excluding hydrogens is 552 g/mol. The lowest BCUT2D eigenvalue weighted by atomic mass is 9.70. The van der Waals surface area contributed by atoms with E-state index in [0.29, 0.717) is 13.0 Å². The monoisotopic (exact) mass is 588 g/mol. The zero-order valence-electron chi connectivity index (χ0n) is 21.8. The number of halogens is 1. The molecule has 38 heavy (non-hydrogen) atoms. The van der Waals surface area contributed by atoms with Gasteiger partial charge in [-0.15, -0.1) is 6.58 Å². The fourth-order valence-electron chi connectivity index (χ4n) is 7.33. The summed E-state index contributed by atoms with van der Waals surface area (Å²) in [5, 5.41) is 10.6. The van der Waals surface area contributed by atoms with Crippen LogP contribution in [0.4, 0.5) is 0 Å². The number of alkyl halides is 1. The number of fused-ring (bicyclic) bond motifs is 1. The molecule has 2 bridgehead atoms. The summed E-state index contributed by atoms with van der Waals surface area (Å²) in [5.41, 5.74) is -0.469. The number of benzene rings is 1. The molecule has 2 amide bonds. The topological polar surface area (TPSA) is 96.4 Å². The van der Waals surface area contributed by atoms with Gasteiger partial charge in [0.15, 0.2) is 0 Å². The maximum Gasteiger partial charge on any atom is 0.312 e. The summed E-state index contributed by atoms with van der Waals surface area (Å²) in [5.74, 6) is -2.70. The largest absolute Gasteiger partial charge is 0.466 e. The third kappa shape index (κ3) is 4.31. The van der Waals surface area contributed by atoms with Crippen LogP contribution in [0, 0.1) is 11.8 Å². The highest BCUT2D eigenvalue weighted by Gasteiger charge is 2.77. The number of nitrogens with zero attached hydrogens (tertiary/aromatic N) is 2. The Morgan fingerprint density at radius 1 is 1.29 bits per heavy atom. The molecule has 3 saturated heterocycles. The molecule has 3 aliphatic heterocycles. The summed E-state index contributed by atoms with van der Waals surface area (Å²) < 4.78 is 12.0. The average molecular weight is 590 g/mol. The van der Waals surface area contributed by atoms with E-state index in [4.69, 9.17) is 9.47 Å². The number of ether oxygens (including phenoxy) is 2. The second kappa shape index (κ2) is 11.1. The van der Waals surface area contributed by atoms with E-state index in [-0.39, 0.29) is 35.9 Å². The van der Waals surface area contributed by atoms with Crippen LogP contribution in [0.25, 0.3) is 0 Å². The first-order valence-electron chi connectivity index (χ1n) is 13.8. The first kappa shape index (κ1) is 27.3. The molecule has 0 aromatic heterocycles. The van der Waals surface area contributed by atoms with E-state index < -0.39 is 41.6 Å². The van der Waals surface area contributed by atoms with Gasteiger partial charge in [0, 0.05) is 17.4 Å². The SMILES string of the molecule is C=CCN(C(=O)[C@H]1N([C@H](CO)c2ccccc2)C(=O)[C@@H]2[C@@H](C(=O)OCC)[C@@H]3O[C@@]21CC3Br)C1CCCCC1. The predicted molar refractivity (Wildman–Crippen MR) is 144 cm³/mol. The fraction of sp³-hybridized carbons (Fsp3) is 0.621. The normalized spacial score (nSPS) is 33.2. The molecule has 1 aromatic carbocycles. The van der Waals surface area contributed by atoms with Crippen LogP contribution in [0.1, 0.15) is 57.1 Å². The minimum atomic E-state index is -1.19. The Morgan fingerprint density at radius 3 is 2.63 bits per heavy atom. The molecular formula is C29H37BrN2O6. The Morgan fingerprint density at radius 2 is 2.00 bits per heavy atom. The first-order valence-corrected chi connectivity index (χ1v) is 14.7. The molecule has 0 radical (unpaired) electrons. The minimum Gasteiger partial charge on any atom is -0.466 e. The summed E-state index contributed by atoms with van der Waals surface area (Å²) in [6.07, 6.45) is 6.61. The molecule has 206 valence electrons. The zero-order chi connectivity index (χ0) is 27.0. The van der Waals surface area contributed by atoms with Crippen LogP contribution in [0.5, 0.6) is 0 Å². The molecule has 5 rings (SSSR count). The standard InChI is InChI=1S/C29H37BrN2O6/c1-3-15-31(19-13-9-6-10-14-19)27(35)25-29-16-20(30)24(38-29)22(28(36)37-4-2)23(29)26(34)32(25)21(17-33)18-11-7-5-8-12-18/h3,5,7-8,11-12,19-25,33H,1,4,6,9-10,13-17H2,2H3/t20?,21-,22-,23+,24-,25-,29+/m1/s1. The van der Waals surface area contributed by atoms with Gasteiger partial charge in [0.1, 0.15) is 11.6 Å². The van der Waals surface area contributed by atoms with Crippen LogP contribution in [0.15, 0.2) is 43.0 Å². The zero-order valence-corrected chi connectivity index (χ0v) is 23.4. The van der Waals surface area contributed by atoms with Crippen molar-refractivity contribution in [3.8, 4) is 0 Å². The highest BCUT2D eigenvalue weighted by Crippen LogP contribution is 2.61. The van der Waals surface area contributed by atoms with Crippen molar-refractivity contribution in [3.05, 3.63) is 48.6 Å². The Hall–Kier alpha value is -2.23. The van der Waals surface area contributed by atoms with Gasteiger partial charge < -0.3 is 24.4 Å². The lowest BCUT2D eigenvalue weighted by Gasteiger charge is -2.42. The van der Waals surface area contributed by atoms with Crippen molar-refractivity contribution in [3.63, 3.8) is 0 Å². The molecule has 1 aromatic rings. The summed E-state index contributed by atoms with van der Waals surface area (Å²) in [7, 11) is 0. The van der Waals surface area contributed by atoms with Gasteiger partial charge in [-0.3, -0.25) is 14.4 Å². The summed E-state index contributed by atoms with van der Waals surface area (Å²) >= 11 is 3.69. The van der Waals surface area contributed by atoms with Gasteiger partial charge in [-0.25, -0.2) is 0 Å². The number of carbonyl (C=O) groups is 3. The molecule has 3 heterocycles. The number of aliphatic hydroxyl groups is 1. The second-order valence-electron chi connectivity index (χ2n) is 10.8. The van der Waals surface area contributed by atoms with Crippen molar-refractivity contribution < 1.29 is 29.0 Å². The Bertz CT molecular complexity index is 1060. The van der Waals surface area contributed by atoms with Crippen molar-refractivity contribution >= 4 is 33.7 Å². The molecule has 9 heteroatoms. The maximum atomic E-state index is 14.7. The predicted octanol–water partition coefficient (Wildman–Crippen LogP) is 3.38. The third-order valence-electron chi connectivity index (χ3n) is 8.84. The van der Waals surface area contributed by atoms with Gasteiger partial charge in [-0.2, -0.15) is 0 Å². The van der Waals surface area contributed by atoms with Crippen LogP contribution >= 0.6 is 15.9 Å². The number of hydrogen-bond acceptors (Lipinski definition) is 6. The number of carbonyl (C=O) groups excluding carboxylic acids is 3. The molecule has 4 fully saturated rings. The Kier molecular flexibility index (Phi) is 7.99. The number of hydrogen-bond donors (Lipinski definition) is 1. The van der Waals surface area contributed by atoms with Crippen LogP contribution in [-0.4, -0.2) is 81.1 Å². The minimum absolute atomic E-state index is 0.0465. The Balaban J connectivity index is 1.62. The summed E-state index contributed by atoms with van der Waals surface area (Å²) in [4.78, 5) is 45.4. The van der Waals surface area contributed by atoms with Gasteiger partial charge >= 0.3 is 5.97 Å². The van der Waals surface area contributed by atoms with Crippen LogP contribution in [0.2, 0.25) is 0 Å². The van der Waals surface area contributed by atoms with E-state index in [9.17, 15) is 19.5 Å². The van der Waals surface area contributed by atoms with E-state index >= 15 is 0 Å². The number of rotatable bonds is 9. The van der Waals surface area contributed by atoms with Crippen molar-refractivity contribution in [1.82, 2.24) is 9.80 Å². The van der Waals surface area contributed by atoms with Crippen molar-refractivity contribution in [2.45, 2.75) is 80.1 Å². The smallest absolute Gasteiger partial charge is 0.312 e. The number of esters is 1. The van der Waals surface area contributed by atoms with Gasteiger partial charge in [0.25, 0.3) is 0 Å². The average Bonchev–Trinajstić information content (AvgIpc) is 3.52. The van der Waals surface area contributed by atoms with E-state index in [1.54, 1.807) is 13.0 Å². The van der Waals surface area contributed by atoms with Crippen molar-refractivity contribution in [2.75, 3.05) is 19.8 Å². The van der Waals surface area contributed by atoms with Crippen LogP contribution in [0.3, 0.4) is 0 Å². The van der Waals surface area contributed by atoms with E-state index in [0.717, 1.165) is 37.7 Å². The maximum absolute atomic E-state index is 14.7. The molecule has 1 N–H and O–H groups in total. The van der Waals surface area contributed by atoms with Crippen molar-refractivity contribution in [1.29, 1.82) is 0 Å². The molecule has 4 aliphatic rings. The molecule has 1 unspecified atom stereocenters. The van der Waals surface area contributed by atoms with Gasteiger partial charge in [-0.05, 0) is 31.7 Å². The van der Waals surface area contributed by atoms with Crippen LogP contribution < -0.4 is 0 Å². The molecule has 1 saturated carbocycles. The summed E-state index contributed by atoms with van der Waals surface area (Å²) in [6.45, 7) is 5.82. The van der Waals surface area contributed by atoms with Gasteiger partial charge in [-0.1, -0.05) is 71.6 Å². The second-order valence-corrected chi connectivity index (χ2v) is 12.0. The van der Waals surface area contributed by atoms with E-state index in [2.05, 4.69) is 22.5 Å². The number of likely N-dealkylation sites (tertiary alicyclic amines) is 1. The molecule has 7 atom stereocenters. The number of aliphatic hydroxyl groups excluding tert-OH is 1. The fourth-order valence-corrected chi connectivity index (χ4v) is 8.27. The third-order valence-corrected chi connectivity index (χ3v) is 9.68. The first-order chi connectivity index (χ1) is 18.4. The van der Waals surface area contributed by atoms with Crippen molar-refractivity contribution in [2.24, 2.45) is 11.8 Å². The van der Waals surface area contributed by atoms with E-state index in [1.807, 2.05) is 35.2 Å². The van der Waals surface area contributed by atoms with Gasteiger partial charge in [0.2, 0.25) is 11.8 Å². The van der Waals surface area contributed by atoms with Crippen LogP contribution in [-0.2, 0) is 23.9 Å². The molecule has 1 spiro atoms. The molecule has 1 aliphatic carbocycles. The summed E-state index contributed by atoms with van der Waals surface area (Å²) in [6, 6.07) is 7.56. The lowest BCUT2D eigenvalue weighted by molar-refractivity contribution is -0.156. The Labute approximate surface area is 232 Å².